The fourth-order valence-electron chi connectivity index (χ4n) is 3.30. The maximum atomic E-state index is 13.0. The van der Waals surface area contributed by atoms with Gasteiger partial charge in [0.2, 0.25) is 0 Å². The number of allylic oxidation sites excluding steroid dienone is 1. The molecule has 2 amide bonds. The zero-order chi connectivity index (χ0) is 29.0. The first-order valence-corrected chi connectivity index (χ1v) is 16.1. The van der Waals surface area contributed by atoms with Gasteiger partial charge in [-0.3, -0.25) is 4.79 Å². The molecule has 2 N–H and O–H groups in total. The standard InChI is InChI=1S/C27H40N4O5S3/c1-8-11-18(12-9-10-13-37-7)35-25(33)22(17(2)3)31-23(32)19-15-39-24(30-19)20-16-38-21(29-20)14-28-26(34)36-27(4,5)6/h9,12,15-18,22H,8,10-11,13-14H2,1-7H3,(H,28,34)(H,31,32). The minimum Gasteiger partial charge on any atom is -0.457 e. The number of nitrogens with zero attached hydrogens (tertiary/aromatic N) is 2. The Labute approximate surface area is 243 Å². The van der Waals surface area contributed by atoms with Gasteiger partial charge >= 0.3 is 12.1 Å². The van der Waals surface area contributed by atoms with E-state index in [0.29, 0.717) is 15.7 Å². The van der Waals surface area contributed by atoms with E-state index in [9.17, 15) is 14.4 Å². The minimum absolute atomic E-state index is 0.166. The first-order valence-electron chi connectivity index (χ1n) is 13.0. The maximum absolute atomic E-state index is 13.0. The topological polar surface area (TPSA) is 120 Å². The number of rotatable bonds is 14. The van der Waals surface area contributed by atoms with Crippen molar-refractivity contribution in [3.8, 4) is 10.7 Å². The van der Waals surface area contributed by atoms with Crippen molar-refractivity contribution in [3.63, 3.8) is 0 Å². The molecule has 2 aromatic heterocycles. The van der Waals surface area contributed by atoms with Gasteiger partial charge in [-0.2, -0.15) is 11.8 Å². The lowest BCUT2D eigenvalue weighted by Crippen LogP contribution is -2.46. The van der Waals surface area contributed by atoms with Crippen molar-refractivity contribution in [1.29, 1.82) is 0 Å². The van der Waals surface area contributed by atoms with Crippen molar-refractivity contribution in [2.24, 2.45) is 5.92 Å². The van der Waals surface area contributed by atoms with E-state index in [4.69, 9.17) is 9.47 Å². The molecule has 9 nitrogen and oxygen atoms in total. The molecule has 2 unspecified atom stereocenters. The Kier molecular flexibility index (Phi) is 13.4. The third-order valence-corrected chi connectivity index (χ3v) is 7.54. The van der Waals surface area contributed by atoms with E-state index in [0.717, 1.165) is 25.0 Å². The quantitative estimate of drug-likeness (QED) is 0.153. The smallest absolute Gasteiger partial charge is 0.408 e. The highest BCUT2D eigenvalue weighted by Crippen LogP contribution is 2.26. The van der Waals surface area contributed by atoms with Crippen LogP contribution in [-0.4, -0.2) is 57.7 Å². The summed E-state index contributed by atoms with van der Waals surface area (Å²) in [5.74, 6) is -0.0589. The van der Waals surface area contributed by atoms with E-state index < -0.39 is 29.6 Å². The van der Waals surface area contributed by atoms with Gasteiger partial charge in [0.25, 0.3) is 5.91 Å². The molecule has 0 aliphatic heterocycles. The summed E-state index contributed by atoms with van der Waals surface area (Å²) in [7, 11) is 0. The third kappa shape index (κ3) is 11.7. The van der Waals surface area contributed by atoms with E-state index in [1.165, 1.54) is 22.7 Å². The molecule has 2 rings (SSSR count). The Morgan fingerprint density at radius 2 is 1.90 bits per heavy atom. The molecule has 2 heterocycles. The van der Waals surface area contributed by atoms with Gasteiger partial charge in [0.05, 0.1) is 6.54 Å². The van der Waals surface area contributed by atoms with Crippen LogP contribution in [0.2, 0.25) is 0 Å². The number of hydrogen-bond acceptors (Lipinski definition) is 10. The number of esters is 1. The van der Waals surface area contributed by atoms with Crippen LogP contribution in [0, 0.1) is 5.92 Å². The third-order valence-electron chi connectivity index (χ3n) is 5.18. The summed E-state index contributed by atoms with van der Waals surface area (Å²) in [6, 6.07) is -0.800. The van der Waals surface area contributed by atoms with Gasteiger partial charge < -0.3 is 20.1 Å². The lowest BCUT2D eigenvalue weighted by Gasteiger charge is -2.23. The predicted molar refractivity (Wildman–Crippen MR) is 159 cm³/mol. The van der Waals surface area contributed by atoms with Crippen LogP contribution in [0.5, 0.6) is 0 Å². The van der Waals surface area contributed by atoms with E-state index in [2.05, 4.69) is 26.9 Å². The number of amides is 2. The molecule has 0 aromatic carbocycles. The lowest BCUT2D eigenvalue weighted by molar-refractivity contribution is -0.150. The SMILES string of the molecule is CCCC(C=CCCSC)OC(=O)C(NC(=O)c1csc(-c2csc(CNC(=O)OC(C)(C)C)n2)n1)C(C)C. The second-order valence-electron chi connectivity index (χ2n) is 10.2. The van der Waals surface area contributed by atoms with Crippen LogP contribution < -0.4 is 10.6 Å². The molecule has 0 bridgehead atoms. The van der Waals surface area contributed by atoms with Crippen LogP contribution in [0.25, 0.3) is 10.7 Å². The highest BCUT2D eigenvalue weighted by Gasteiger charge is 2.29. The van der Waals surface area contributed by atoms with Gasteiger partial charge in [-0.25, -0.2) is 19.6 Å². The number of carbonyl (C=O) groups is 3. The molecule has 0 radical (unpaired) electrons. The highest BCUT2D eigenvalue weighted by molar-refractivity contribution is 7.98. The van der Waals surface area contributed by atoms with E-state index in [1.54, 1.807) is 37.9 Å². The van der Waals surface area contributed by atoms with Crippen molar-refractivity contribution in [1.82, 2.24) is 20.6 Å². The molecule has 12 heteroatoms. The molecule has 0 saturated carbocycles. The molecule has 0 saturated heterocycles. The Bertz CT molecular complexity index is 1110. The van der Waals surface area contributed by atoms with E-state index in [-0.39, 0.29) is 24.3 Å². The summed E-state index contributed by atoms with van der Waals surface area (Å²) >= 11 is 4.42. The molecule has 0 fully saturated rings. The predicted octanol–water partition coefficient (Wildman–Crippen LogP) is 6.07. The summed E-state index contributed by atoms with van der Waals surface area (Å²) in [4.78, 5) is 46.8. The molecule has 2 aromatic rings. The molecule has 0 spiro atoms. The molecule has 39 heavy (non-hydrogen) atoms. The number of alkyl carbamates (subject to hydrolysis) is 1. The van der Waals surface area contributed by atoms with Gasteiger partial charge in [0.15, 0.2) is 0 Å². The van der Waals surface area contributed by atoms with Gasteiger partial charge in [0.1, 0.15) is 39.1 Å². The fourth-order valence-corrected chi connectivity index (χ4v) is 5.22. The summed E-state index contributed by atoms with van der Waals surface area (Å²) in [5, 5.41) is 10.2. The summed E-state index contributed by atoms with van der Waals surface area (Å²) in [5.41, 5.74) is 0.237. The molecule has 0 aliphatic rings. The first kappa shape index (κ1) is 32.8. The Balaban J connectivity index is 2.00. The van der Waals surface area contributed by atoms with Gasteiger partial charge in [-0.05, 0) is 57.6 Å². The van der Waals surface area contributed by atoms with Crippen molar-refractivity contribution in [3.05, 3.63) is 33.6 Å². The number of carbonyl (C=O) groups excluding carboxylic acids is 3. The summed E-state index contributed by atoms with van der Waals surface area (Å²) in [6.07, 6.45) is 7.71. The number of nitrogens with one attached hydrogen (secondary N) is 2. The van der Waals surface area contributed by atoms with Crippen LogP contribution >= 0.6 is 34.4 Å². The molecular formula is C27H40N4O5S3. The van der Waals surface area contributed by atoms with Crippen molar-refractivity contribution in [2.75, 3.05) is 12.0 Å². The second kappa shape index (κ2) is 16.0. The molecule has 0 aliphatic carbocycles. The Hall–Kier alpha value is -2.44. The normalized spacial score (nSPS) is 13.3. The average Bonchev–Trinajstić information content (AvgIpc) is 3.52. The van der Waals surface area contributed by atoms with E-state index >= 15 is 0 Å². The first-order chi connectivity index (χ1) is 18.4. The van der Waals surface area contributed by atoms with Gasteiger partial charge in [0, 0.05) is 10.8 Å². The number of ether oxygens (including phenoxy) is 2. The summed E-state index contributed by atoms with van der Waals surface area (Å²) < 4.78 is 11.0. The van der Waals surface area contributed by atoms with Gasteiger partial charge in [-0.1, -0.05) is 33.3 Å². The Morgan fingerprint density at radius 3 is 2.54 bits per heavy atom. The molecular weight excluding hydrogens is 557 g/mol. The molecule has 2 atom stereocenters. The Morgan fingerprint density at radius 1 is 1.15 bits per heavy atom. The van der Waals surface area contributed by atoms with Crippen LogP contribution in [0.1, 0.15) is 76.3 Å². The van der Waals surface area contributed by atoms with Crippen molar-refractivity contribution >= 4 is 52.4 Å². The average molecular weight is 597 g/mol. The van der Waals surface area contributed by atoms with Crippen LogP contribution in [-0.2, 0) is 20.8 Å². The number of thioether (sulfide) groups is 1. The molecule has 216 valence electrons. The highest BCUT2D eigenvalue weighted by atomic mass is 32.2. The lowest BCUT2D eigenvalue weighted by atomic mass is 10.0. The summed E-state index contributed by atoms with van der Waals surface area (Å²) in [6.45, 7) is 11.4. The van der Waals surface area contributed by atoms with E-state index in [1.807, 2.05) is 38.3 Å². The van der Waals surface area contributed by atoms with Gasteiger partial charge in [-0.15, -0.1) is 22.7 Å². The minimum atomic E-state index is -0.800. The van der Waals surface area contributed by atoms with Crippen LogP contribution in [0.4, 0.5) is 4.79 Å². The largest absolute Gasteiger partial charge is 0.457 e. The maximum Gasteiger partial charge on any atom is 0.408 e. The zero-order valence-corrected chi connectivity index (χ0v) is 26.2. The van der Waals surface area contributed by atoms with Crippen molar-refractivity contribution < 1.29 is 23.9 Å². The number of thiazole rings is 2. The fraction of sp³-hybridized carbons (Fsp3) is 0.593. The monoisotopic (exact) mass is 596 g/mol. The zero-order valence-electron chi connectivity index (χ0n) is 23.7. The number of hydrogen-bond donors (Lipinski definition) is 2. The second-order valence-corrected chi connectivity index (χ2v) is 13.0. The number of aromatic nitrogens is 2. The van der Waals surface area contributed by atoms with Crippen LogP contribution in [0.15, 0.2) is 22.9 Å². The van der Waals surface area contributed by atoms with Crippen LogP contribution in [0.3, 0.4) is 0 Å². The van der Waals surface area contributed by atoms with Crippen molar-refractivity contribution in [2.45, 2.75) is 85.1 Å².